The van der Waals surface area contributed by atoms with E-state index in [0.29, 0.717) is 17.1 Å². The highest BCUT2D eigenvalue weighted by molar-refractivity contribution is 8.01. The number of pyridine rings is 1. The number of nitrogens with two attached hydrogens (primary N) is 1. The van der Waals surface area contributed by atoms with E-state index in [0.717, 1.165) is 28.7 Å². The summed E-state index contributed by atoms with van der Waals surface area (Å²) in [5.74, 6) is -1.10. The summed E-state index contributed by atoms with van der Waals surface area (Å²) in [6.07, 6.45) is 6.40. The van der Waals surface area contributed by atoms with Gasteiger partial charge in [0.25, 0.3) is 11.8 Å². The molecule has 2 amide bonds. The Labute approximate surface area is 230 Å². The quantitative estimate of drug-likeness (QED) is 0.105. The van der Waals surface area contributed by atoms with Crippen molar-refractivity contribution in [3.63, 3.8) is 0 Å². The molecule has 200 valence electrons. The number of thioether (sulfide) groups is 2. The number of nitrogen functional groups attached to an aromatic ring is 1. The SMILES string of the molecule is CO/N=C(\C(=O)N[C@@H]1C(=O)N2C(C(=O)[O-])=C(CSc3cc[n+](NCC4CC4)cc3)CS[C@H]12)c1csc(N)n1. The van der Waals surface area contributed by atoms with E-state index in [9.17, 15) is 19.5 Å². The summed E-state index contributed by atoms with van der Waals surface area (Å²) in [5, 5.41) is 19.6. The van der Waals surface area contributed by atoms with E-state index in [1.807, 2.05) is 29.2 Å². The van der Waals surface area contributed by atoms with Crippen molar-refractivity contribution in [3.8, 4) is 0 Å². The summed E-state index contributed by atoms with van der Waals surface area (Å²) in [4.78, 5) is 48.9. The summed E-state index contributed by atoms with van der Waals surface area (Å²) in [7, 11) is 1.28. The van der Waals surface area contributed by atoms with Crippen LogP contribution in [0.25, 0.3) is 0 Å². The predicted octanol–water partition coefficient (Wildman–Crippen LogP) is -0.487. The number of fused-ring (bicyclic) bond motifs is 1. The van der Waals surface area contributed by atoms with E-state index in [4.69, 9.17) is 10.6 Å². The minimum Gasteiger partial charge on any atom is -0.543 e. The molecule has 1 saturated heterocycles. The van der Waals surface area contributed by atoms with E-state index in [2.05, 4.69) is 20.9 Å². The van der Waals surface area contributed by atoms with Gasteiger partial charge in [-0.2, -0.15) is 5.43 Å². The summed E-state index contributed by atoms with van der Waals surface area (Å²) in [6, 6.07) is 2.98. The van der Waals surface area contributed by atoms with Crippen LogP contribution in [0.4, 0.5) is 5.13 Å². The molecule has 0 unspecified atom stereocenters. The van der Waals surface area contributed by atoms with Gasteiger partial charge in [-0.05, 0) is 24.3 Å². The van der Waals surface area contributed by atoms with Crippen molar-refractivity contribution in [2.75, 3.05) is 36.3 Å². The topological polar surface area (TPSA) is 166 Å². The smallest absolute Gasteiger partial charge is 0.276 e. The van der Waals surface area contributed by atoms with Gasteiger partial charge in [-0.25, -0.2) is 4.98 Å². The average Bonchev–Trinajstić information content (AvgIpc) is 3.65. The normalized spacial score (nSPS) is 21.0. The fourth-order valence-corrected chi connectivity index (χ4v) is 6.94. The van der Waals surface area contributed by atoms with E-state index in [1.54, 1.807) is 5.38 Å². The van der Waals surface area contributed by atoms with Crippen LogP contribution in [0.1, 0.15) is 18.5 Å². The van der Waals surface area contributed by atoms with Crippen molar-refractivity contribution in [1.82, 2.24) is 15.2 Å². The number of hydrogen-bond donors (Lipinski definition) is 3. The minimum atomic E-state index is -1.42. The Balaban J connectivity index is 1.23. The minimum absolute atomic E-state index is 0.132. The highest BCUT2D eigenvalue weighted by atomic mass is 32.2. The number of carbonyl (C=O) groups is 3. The van der Waals surface area contributed by atoms with Gasteiger partial charge in [0.15, 0.2) is 10.8 Å². The molecule has 2 aromatic heterocycles. The maximum absolute atomic E-state index is 13.0. The largest absolute Gasteiger partial charge is 0.543 e. The Hall–Kier alpha value is -3.30. The van der Waals surface area contributed by atoms with Gasteiger partial charge < -0.3 is 25.8 Å². The number of nitrogens with zero attached hydrogens (tertiary/aromatic N) is 4. The lowest BCUT2D eigenvalue weighted by Gasteiger charge is -2.50. The number of oxime groups is 1. The molecule has 0 spiro atoms. The van der Waals surface area contributed by atoms with E-state index in [-0.39, 0.29) is 22.2 Å². The molecule has 0 radical (unpaired) electrons. The number of amides is 2. The molecule has 1 aliphatic carbocycles. The molecule has 2 aromatic rings. The number of hydrogen-bond acceptors (Lipinski definition) is 12. The predicted molar refractivity (Wildman–Crippen MR) is 141 cm³/mol. The molecule has 12 nitrogen and oxygen atoms in total. The fraction of sp³-hybridized carbons (Fsp3) is 0.391. The van der Waals surface area contributed by atoms with Crippen molar-refractivity contribution in [2.24, 2.45) is 11.1 Å². The van der Waals surface area contributed by atoms with E-state index >= 15 is 0 Å². The monoisotopic (exact) mass is 575 g/mol. The summed E-state index contributed by atoms with van der Waals surface area (Å²) < 4.78 is 1.91. The van der Waals surface area contributed by atoms with Crippen molar-refractivity contribution in [1.29, 1.82) is 0 Å². The number of carboxylic acids is 1. The zero-order valence-electron chi connectivity index (χ0n) is 20.3. The molecule has 2 atom stereocenters. The lowest BCUT2D eigenvalue weighted by molar-refractivity contribution is -0.650. The van der Waals surface area contributed by atoms with Gasteiger partial charge in [0, 0.05) is 33.9 Å². The number of nitrogens with one attached hydrogen (secondary N) is 2. The van der Waals surface area contributed by atoms with Crippen LogP contribution in [0.15, 0.2) is 51.2 Å². The fourth-order valence-electron chi connectivity index (χ4n) is 4.03. The van der Waals surface area contributed by atoms with Crippen LogP contribution in [0, 0.1) is 5.92 Å². The van der Waals surface area contributed by atoms with Crippen LogP contribution >= 0.6 is 34.9 Å². The van der Waals surface area contributed by atoms with Gasteiger partial charge in [-0.15, -0.1) is 34.9 Å². The van der Waals surface area contributed by atoms with Crippen molar-refractivity contribution >= 4 is 63.5 Å². The lowest BCUT2D eigenvalue weighted by Crippen LogP contribution is -2.71. The number of β-lactam (4-membered cyclic amide) rings is 1. The number of aromatic nitrogens is 2. The Kier molecular flexibility index (Phi) is 7.76. The van der Waals surface area contributed by atoms with Gasteiger partial charge in [-0.1, -0.05) is 9.83 Å². The van der Waals surface area contributed by atoms with Crippen LogP contribution in [0.2, 0.25) is 0 Å². The third-order valence-corrected chi connectivity index (χ3v) is 9.27. The molecular formula is C23H25N7O5S3. The van der Waals surface area contributed by atoms with Gasteiger partial charge >= 0.3 is 0 Å². The van der Waals surface area contributed by atoms with Crippen molar-refractivity contribution in [3.05, 3.63) is 46.9 Å². The summed E-state index contributed by atoms with van der Waals surface area (Å²) in [6.45, 7) is 0.947. The second kappa shape index (κ2) is 11.2. The third-order valence-electron chi connectivity index (χ3n) is 6.16. The molecule has 2 aliphatic heterocycles. The zero-order valence-corrected chi connectivity index (χ0v) is 22.7. The second-order valence-electron chi connectivity index (χ2n) is 8.83. The first-order valence-electron chi connectivity index (χ1n) is 11.7. The first kappa shape index (κ1) is 26.3. The number of carboxylic acid groups (broad SMARTS) is 1. The molecule has 15 heteroatoms. The van der Waals surface area contributed by atoms with Crippen LogP contribution in [-0.2, 0) is 19.2 Å². The van der Waals surface area contributed by atoms with Crippen molar-refractivity contribution in [2.45, 2.75) is 29.2 Å². The van der Waals surface area contributed by atoms with Gasteiger partial charge in [0.05, 0.1) is 18.2 Å². The number of rotatable bonds is 11. The Morgan fingerprint density at radius 1 is 1.37 bits per heavy atom. The average molecular weight is 576 g/mol. The maximum atomic E-state index is 13.0. The highest BCUT2D eigenvalue weighted by Gasteiger charge is 2.53. The maximum Gasteiger partial charge on any atom is 0.276 e. The number of aliphatic carboxylic acids is 1. The highest BCUT2D eigenvalue weighted by Crippen LogP contribution is 2.41. The summed E-state index contributed by atoms with van der Waals surface area (Å²) >= 11 is 4.00. The number of anilines is 1. The van der Waals surface area contributed by atoms with E-state index in [1.165, 1.54) is 48.4 Å². The molecule has 38 heavy (non-hydrogen) atoms. The molecule has 3 aliphatic rings. The summed E-state index contributed by atoms with van der Waals surface area (Å²) in [5.41, 5.74) is 9.54. The first-order chi connectivity index (χ1) is 18.4. The Bertz CT molecular complexity index is 1310. The van der Waals surface area contributed by atoms with Crippen LogP contribution in [0.5, 0.6) is 0 Å². The number of carbonyl (C=O) groups excluding carboxylic acids is 3. The molecule has 4 heterocycles. The van der Waals surface area contributed by atoms with Crippen LogP contribution in [-0.4, -0.2) is 70.0 Å². The standard InChI is InChI=1S/C23H25N7O5S3/c1-35-28-16(15-11-38-23(24)26-15)19(31)27-17-20(32)30-18(22(33)34)13(10-37-21(17)30)9-36-14-4-6-29(7-5-14)25-8-12-2-3-12/h4-7,11-12,17,21,25H,2-3,8-10H2,1H3,(H3-,24,26,27,31,33,34)/b28-16-/t17-,21-/m1/s1. The van der Waals surface area contributed by atoms with Crippen LogP contribution < -0.4 is 26.3 Å². The molecule has 0 bridgehead atoms. The molecule has 0 aromatic carbocycles. The molecular weight excluding hydrogens is 550 g/mol. The van der Waals surface area contributed by atoms with Gasteiger partial charge in [-0.3, -0.25) is 14.5 Å². The molecule has 1 saturated carbocycles. The van der Waals surface area contributed by atoms with Gasteiger partial charge in [0.2, 0.25) is 12.4 Å². The van der Waals surface area contributed by atoms with E-state index < -0.39 is 29.2 Å². The van der Waals surface area contributed by atoms with Crippen LogP contribution in [0.3, 0.4) is 0 Å². The second-order valence-corrected chi connectivity index (χ2v) is 11.9. The molecule has 2 fully saturated rings. The zero-order chi connectivity index (χ0) is 26.8. The Morgan fingerprint density at radius 3 is 2.76 bits per heavy atom. The third kappa shape index (κ3) is 5.59. The van der Waals surface area contributed by atoms with Gasteiger partial charge in [0.1, 0.15) is 24.2 Å². The Morgan fingerprint density at radius 2 is 2.13 bits per heavy atom. The lowest BCUT2D eigenvalue weighted by atomic mass is 10.0. The molecule has 4 N–H and O–H groups in total. The number of thiazole rings is 1. The first-order valence-corrected chi connectivity index (χ1v) is 14.7. The van der Waals surface area contributed by atoms with Crippen molar-refractivity contribution < 1.29 is 29.0 Å². The molecule has 5 rings (SSSR count).